The molecule has 0 aliphatic heterocycles. The molecule has 0 aromatic rings. The lowest BCUT2D eigenvalue weighted by molar-refractivity contribution is -0.171. The molecule has 0 aromatic carbocycles. The van der Waals surface area contributed by atoms with Crippen molar-refractivity contribution < 1.29 is 14.3 Å². The maximum absolute atomic E-state index is 12.0. The van der Waals surface area contributed by atoms with Crippen molar-refractivity contribution in [1.29, 1.82) is 0 Å². The average molecular weight is 216 g/mol. The molecular weight excluding hydrogens is 192 g/mol. The van der Waals surface area contributed by atoms with Crippen LogP contribution in [0.3, 0.4) is 0 Å². The van der Waals surface area contributed by atoms with Crippen LogP contribution in [0.4, 0.5) is 0 Å². The van der Waals surface area contributed by atoms with Gasteiger partial charge in [0, 0.05) is 7.11 Å². The summed E-state index contributed by atoms with van der Waals surface area (Å²) in [5, 5.41) is 0. The normalized spacial score (nSPS) is 16.3. The Balaban J connectivity index is 5.37. The molecule has 15 heavy (non-hydrogen) atoms. The number of methoxy groups -OCH3 is 2. The van der Waals surface area contributed by atoms with Crippen molar-refractivity contribution in [1.82, 2.24) is 0 Å². The number of carbonyl (C=O) groups excluding carboxylic acids is 1. The van der Waals surface area contributed by atoms with Crippen molar-refractivity contribution in [2.24, 2.45) is 16.7 Å². The molecule has 90 valence electrons. The van der Waals surface area contributed by atoms with E-state index in [0.29, 0.717) is 6.61 Å². The first kappa shape index (κ1) is 14.4. The monoisotopic (exact) mass is 216 g/mol. The van der Waals surface area contributed by atoms with E-state index in [4.69, 9.17) is 9.47 Å². The van der Waals surface area contributed by atoms with E-state index in [1.807, 2.05) is 34.6 Å². The lowest BCUT2D eigenvalue weighted by atomic mass is 9.61. The Morgan fingerprint density at radius 3 is 1.87 bits per heavy atom. The Labute approximate surface area is 93.1 Å². The van der Waals surface area contributed by atoms with Gasteiger partial charge in [-0.25, -0.2) is 0 Å². The smallest absolute Gasteiger partial charge is 0.314 e. The number of hydrogen-bond donors (Lipinski definition) is 0. The van der Waals surface area contributed by atoms with Crippen LogP contribution in [0.1, 0.15) is 34.6 Å². The lowest BCUT2D eigenvalue weighted by Gasteiger charge is -2.44. The molecule has 0 fully saturated rings. The maximum atomic E-state index is 12.0. The molecule has 0 N–H and O–H groups in total. The first-order valence-corrected chi connectivity index (χ1v) is 5.31. The van der Waals surface area contributed by atoms with Crippen LogP contribution in [0.25, 0.3) is 0 Å². The van der Waals surface area contributed by atoms with Crippen molar-refractivity contribution in [3.63, 3.8) is 0 Å². The Morgan fingerprint density at radius 1 is 1.20 bits per heavy atom. The predicted octanol–water partition coefficient (Wildman–Crippen LogP) is 2.49. The Morgan fingerprint density at radius 2 is 1.67 bits per heavy atom. The van der Waals surface area contributed by atoms with Gasteiger partial charge in [0.15, 0.2) is 0 Å². The van der Waals surface area contributed by atoms with E-state index in [-0.39, 0.29) is 17.3 Å². The third kappa shape index (κ3) is 2.51. The van der Waals surface area contributed by atoms with E-state index in [9.17, 15) is 4.79 Å². The predicted molar refractivity (Wildman–Crippen MR) is 60.6 cm³/mol. The summed E-state index contributed by atoms with van der Waals surface area (Å²) < 4.78 is 10.2. The zero-order valence-corrected chi connectivity index (χ0v) is 11.0. The van der Waals surface area contributed by atoms with Crippen LogP contribution in [0.2, 0.25) is 0 Å². The van der Waals surface area contributed by atoms with Crippen LogP contribution in [0, 0.1) is 16.7 Å². The van der Waals surface area contributed by atoms with E-state index < -0.39 is 5.41 Å². The molecule has 0 bridgehead atoms. The minimum Gasteiger partial charge on any atom is -0.469 e. The van der Waals surface area contributed by atoms with Gasteiger partial charge in [-0.15, -0.1) is 0 Å². The van der Waals surface area contributed by atoms with E-state index >= 15 is 0 Å². The molecule has 0 aliphatic carbocycles. The second-order valence-corrected chi connectivity index (χ2v) is 5.30. The first-order chi connectivity index (χ1) is 6.74. The molecule has 0 saturated heterocycles. The molecule has 0 aliphatic rings. The van der Waals surface area contributed by atoms with E-state index in [1.165, 1.54) is 7.11 Å². The van der Waals surface area contributed by atoms with Gasteiger partial charge in [-0.1, -0.05) is 34.6 Å². The topological polar surface area (TPSA) is 35.5 Å². The summed E-state index contributed by atoms with van der Waals surface area (Å²) in [6.07, 6.45) is 0. The number of ether oxygens (including phenoxy) is 2. The van der Waals surface area contributed by atoms with Crippen molar-refractivity contribution in [3.8, 4) is 0 Å². The van der Waals surface area contributed by atoms with Crippen LogP contribution < -0.4 is 0 Å². The molecule has 3 heteroatoms. The summed E-state index contributed by atoms with van der Waals surface area (Å²) in [7, 11) is 3.05. The molecular formula is C12H24O3. The van der Waals surface area contributed by atoms with Gasteiger partial charge in [0.25, 0.3) is 0 Å². The standard InChI is InChI=1S/C12H24O3/c1-9(2)12(8-14-6,10(13)15-7)11(3,4)5/h9H,8H2,1-7H3. The second kappa shape index (κ2) is 4.97. The molecule has 1 atom stereocenters. The Hall–Kier alpha value is -0.570. The minimum atomic E-state index is -0.587. The third-order valence-electron chi connectivity index (χ3n) is 3.25. The highest BCUT2D eigenvalue weighted by atomic mass is 16.5. The van der Waals surface area contributed by atoms with Crippen molar-refractivity contribution in [2.75, 3.05) is 20.8 Å². The summed E-state index contributed by atoms with van der Waals surface area (Å²) in [6.45, 7) is 10.6. The van der Waals surface area contributed by atoms with Crippen molar-refractivity contribution >= 4 is 5.97 Å². The molecule has 0 saturated carbocycles. The molecule has 0 aromatic heterocycles. The first-order valence-electron chi connectivity index (χ1n) is 5.31. The zero-order valence-electron chi connectivity index (χ0n) is 11.0. The molecule has 0 radical (unpaired) electrons. The minimum absolute atomic E-state index is 0.171. The van der Waals surface area contributed by atoms with Gasteiger partial charge in [0.2, 0.25) is 0 Å². The quantitative estimate of drug-likeness (QED) is 0.677. The summed E-state index contributed by atoms with van der Waals surface area (Å²) in [6, 6.07) is 0. The fourth-order valence-corrected chi connectivity index (χ4v) is 2.26. The summed E-state index contributed by atoms with van der Waals surface area (Å²) in [5.74, 6) is -0.0169. The van der Waals surface area contributed by atoms with Crippen LogP contribution in [-0.2, 0) is 14.3 Å². The molecule has 1 unspecified atom stereocenters. The Kier molecular flexibility index (Phi) is 4.78. The summed E-state index contributed by atoms with van der Waals surface area (Å²) in [4.78, 5) is 12.0. The van der Waals surface area contributed by atoms with Crippen LogP contribution in [0.15, 0.2) is 0 Å². The Bertz CT molecular complexity index is 215. The summed E-state index contributed by atoms with van der Waals surface area (Å²) in [5.41, 5.74) is -0.777. The zero-order chi connectivity index (χ0) is 12.3. The molecule has 0 amide bonds. The SMILES string of the molecule is COCC(C(=O)OC)(C(C)C)C(C)(C)C. The van der Waals surface area contributed by atoms with Gasteiger partial charge in [0.05, 0.1) is 19.1 Å². The van der Waals surface area contributed by atoms with E-state index in [1.54, 1.807) is 7.11 Å². The molecule has 0 rings (SSSR count). The maximum Gasteiger partial charge on any atom is 0.314 e. The van der Waals surface area contributed by atoms with Gasteiger partial charge in [-0.3, -0.25) is 4.79 Å². The van der Waals surface area contributed by atoms with Gasteiger partial charge in [-0.2, -0.15) is 0 Å². The molecule has 0 spiro atoms. The van der Waals surface area contributed by atoms with Gasteiger partial charge < -0.3 is 9.47 Å². The number of esters is 1. The highest BCUT2D eigenvalue weighted by Gasteiger charge is 2.52. The van der Waals surface area contributed by atoms with Gasteiger partial charge in [0.1, 0.15) is 0 Å². The number of carbonyl (C=O) groups is 1. The molecule has 3 nitrogen and oxygen atoms in total. The molecule has 0 heterocycles. The third-order valence-corrected chi connectivity index (χ3v) is 3.25. The van der Waals surface area contributed by atoms with E-state index in [2.05, 4.69) is 0 Å². The highest BCUT2D eigenvalue weighted by Crippen LogP contribution is 2.45. The largest absolute Gasteiger partial charge is 0.469 e. The van der Waals surface area contributed by atoms with Crippen molar-refractivity contribution in [2.45, 2.75) is 34.6 Å². The average Bonchev–Trinajstić information content (AvgIpc) is 2.10. The summed E-state index contributed by atoms with van der Waals surface area (Å²) >= 11 is 0. The van der Waals surface area contributed by atoms with Crippen molar-refractivity contribution in [3.05, 3.63) is 0 Å². The fourth-order valence-electron chi connectivity index (χ4n) is 2.26. The van der Waals surface area contributed by atoms with Crippen LogP contribution in [-0.4, -0.2) is 26.8 Å². The lowest BCUT2D eigenvalue weighted by Crippen LogP contribution is -2.51. The van der Waals surface area contributed by atoms with Gasteiger partial charge >= 0.3 is 5.97 Å². The number of rotatable bonds is 4. The fraction of sp³-hybridized carbons (Fsp3) is 0.917. The number of hydrogen-bond acceptors (Lipinski definition) is 3. The van der Waals surface area contributed by atoms with Gasteiger partial charge in [-0.05, 0) is 11.3 Å². The van der Waals surface area contributed by atoms with Crippen LogP contribution in [0.5, 0.6) is 0 Å². The van der Waals surface area contributed by atoms with E-state index in [0.717, 1.165) is 0 Å². The van der Waals surface area contributed by atoms with Crippen LogP contribution >= 0.6 is 0 Å². The highest BCUT2D eigenvalue weighted by molar-refractivity contribution is 5.78. The second-order valence-electron chi connectivity index (χ2n) is 5.30.